The SMILES string of the molecule is Cn1cccc1CN1CC(Oc2ccc(F)cc2F)C1. The second kappa shape index (κ2) is 5.25. The van der Waals surface area contributed by atoms with Gasteiger partial charge in [-0.1, -0.05) is 0 Å². The molecule has 0 atom stereocenters. The number of likely N-dealkylation sites (tertiary alicyclic amines) is 1. The minimum absolute atomic E-state index is 0.0322. The van der Waals surface area contributed by atoms with Crippen LogP contribution in [0.2, 0.25) is 0 Å². The number of benzene rings is 1. The smallest absolute Gasteiger partial charge is 0.167 e. The Morgan fingerprint density at radius 2 is 2.05 bits per heavy atom. The molecule has 0 N–H and O–H groups in total. The molecule has 0 aliphatic carbocycles. The molecule has 20 heavy (non-hydrogen) atoms. The van der Waals surface area contributed by atoms with Gasteiger partial charge in [-0.2, -0.15) is 0 Å². The molecule has 0 unspecified atom stereocenters. The second-order valence-electron chi connectivity index (χ2n) is 5.12. The predicted octanol–water partition coefficient (Wildman–Crippen LogP) is 2.57. The second-order valence-corrected chi connectivity index (χ2v) is 5.12. The molecule has 3 rings (SSSR count). The van der Waals surface area contributed by atoms with E-state index in [1.54, 1.807) is 0 Å². The molecule has 1 aromatic carbocycles. The van der Waals surface area contributed by atoms with Crippen LogP contribution in [0.3, 0.4) is 0 Å². The van der Waals surface area contributed by atoms with E-state index >= 15 is 0 Å². The molecule has 0 amide bonds. The van der Waals surface area contributed by atoms with E-state index in [1.165, 1.54) is 17.8 Å². The Bertz CT molecular complexity index is 606. The largest absolute Gasteiger partial charge is 0.485 e. The molecule has 2 heterocycles. The Kier molecular flexibility index (Phi) is 3.44. The van der Waals surface area contributed by atoms with Crippen molar-refractivity contribution >= 4 is 0 Å². The van der Waals surface area contributed by atoms with Crippen molar-refractivity contribution < 1.29 is 13.5 Å². The van der Waals surface area contributed by atoms with Crippen LogP contribution in [0.25, 0.3) is 0 Å². The zero-order valence-corrected chi connectivity index (χ0v) is 11.2. The van der Waals surface area contributed by atoms with E-state index < -0.39 is 11.6 Å². The monoisotopic (exact) mass is 278 g/mol. The molecule has 106 valence electrons. The van der Waals surface area contributed by atoms with E-state index in [0.29, 0.717) is 0 Å². The first-order valence-electron chi connectivity index (χ1n) is 6.56. The maximum absolute atomic E-state index is 13.4. The minimum Gasteiger partial charge on any atom is -0.485 e. The zero-order valence-electron chi connectivity index (χ0n) is 11.2. The van der Waals surface area contributed by atoms with E-state index in [1.807, 2.05) is 19.3 Å². The standard InChI is InChI=1S/C15H16F2N2O/c1-18-6-2-3-12(18)8-19-9-13(10-19)20-15-5-4-11(16)7-14(15)17/h2-7,13H,8-10H2,1H3. The predicted molar refractivity (Wildman–Crippen MR) is 71.5 cm³/mol. The average molecular weight is 278 g/mol. The van der Waals surface area contributed by atoms with Crippen molar-refractivity contribution in [2.45, 2.75) is 12.6 Å². The van der Waals surface area contributed by atoms with Crippen LogP contribution < -0.4 is 4.74 Å². The van der Waals surface area contributed by atoms with E-state index in [2.05, 4.69) is 15.5 Å². The van der Waals surface area contributed by atoms with E-state index in [0.717, 1.165) is 25.7 Å². The van der Waals surface area contributed by atoms with Crippen LogP contribution in [0.15, 0.2) is 36.5 Å². The molecule has 1 aromatic heterocycles. The quantitative estimate of drug-likeness (QED) is 0.855. The van der Waals surface area contributed by atoms with E-state index in [4.69, 9.17) is 4.74 Å². The molecule has 0 radical (unpaired) electrons. The summed E-state index contributed by atoms with van der Waals surface area (Å²) in [5.41, 5.74) is 1.23. The maximum atomic E-state index is 13.4. The van der Waals surface area contributed by atoms with Gasteiger partial charge in [-0.15, -0.1) is 0 Å². The molecular weight excluding hydrogens is 262 g/mol. The Hall–Kier alpha value is -1.88. The molecule has 1 aliphatic heterocycles. The highest BCUT2D eigenvalue weighted by atomic mass is 19.1. The van der Waals surface area contributed by atoms with Crippen molar-refractivity contribution in [1.82, 2.24) is 9.47 Å². The average Bonchev–Trinajstić information content (AvgIpc) is 2.75. The van der Waals surface area contributed by atoms with Gasteiger partial charge in [-0.05, 0) is 24.3 Å². The molecular formula is C15H16F2N2O. The van der Waals surface area contributed by atoms with Gasteiger partial charge in [0.05, 0.1) is 0 Å². The normalized spacial score (nSPS) is 16.1. The number of hydrogen-bond acceptors (Lipinski definition) is 2. The fraction of sp³-hybridized carbons (Fsp3) is 0.333. The van der Waals surface area contributed by atoms with Gasteiger partial charge in [0.1, 0.15) is 11.9 Å². The van der Waals surface area contributed by atoms with Crippen molar-refractivity contribution in [3.05, 3.63) is 53.9 Å². The summed E-state index contributed by atoms with van der Waals surface area (Å²) in [5, 5.41) is 0. The van der Waals surface area contributed by atoms with Gasteiger partial charge in [0.25, 0.3) is 0 Å². The van der Waals surface area contributed by atoms with Gasteiger partial charge in [-0.25, -0.2) is 8.78 Å². The molecule has 5 heteroatoms. The third-order valence-corrected chi connectivity index (χ3v) is 3.55. The summed E-state index contributed by atoms with van der Waals surface area (Å²) < 4.78 is 33.8. The Labute approximate surface area is 116 Å². The summed E-state index contributed by atoms with van der Waals surface area (Å²) in [6.07, 6.45) is 1.98. The minimum atomic E-state index is -0.647. The van der Waals surface area contributed by atoms with Gasteiger partial charge in [0, 0.05) is 44.6 Å². The van der Waals surface area contributed by atoms with Crippen LogP contribution in [0.1, 0.15) is 5.69 Å². The van der Waals surface area contributed by atoms with Crippen molar-refractivity contribution in [2.75, 3.05) is 13.1 Å². The topological polar surface area (TPSA) is 17.4 Å². The summed E-state index contributed by atoms with van der Waals surface area (Å²) in [4.78, 5) is 2.22. The summed E-state index contributed by atoms with van der Waals surface area (Å²) in [6, 6.07) is 7.48. The lowest BCUT2D eigenvalue weighted by Gasteiger charge is -2.39. The number of ether oxygens (including phenoxy) is 1. The highest BCUT2D eigenvalue weighted by Crippen LogP contribution is 2.23. The Balaban J connectivity index is 1.52. The van der Waals surface area contributed by atoms with Gasteiger partial charge in [0.2, 0.25) is 0 Å². The van der Waals surface area contributed by atoms with Crippen LogP contribution >= 0.6 is 0 Å². The summed E-state index contributed by atoms with van der Waals surface area (Å²) in [7, 11) is 2.01. The van der Waals surface area contributed by atoms with Crippen LogP contribution in [0, 0.1) is 11.6 Å². The molecule has 2 aromatic rings. The van der Waals surface area contributed by atoms with Gasteiger partial charge in [-0.3, -0.25) is 4.90 Å². The zero-order chi connectivity index (χ0) is 14.1. The molecule has 0 bridgehead atoms. The molecule has 1 aliphatic rings. The first-order valence-corrected chi connectivity index (χ1v) is 6.56. The van der Waals surface area contributed by atoms with Crippen molar-refractivity contribution in [3.63, 3.8) is 0 Å². The van der Waals surface area contributed by atoms with Crippen LogP contribution in [0.5, 0.6) is 5.75 Å². The molecule has 1 saturated heterocycles. The Morgan fingerprint density at radius 1 is 1.25 bits per heavy atom. The molecule has 0 saturated carbocycles. The fourth-order valence-electron chi connectivity index (χ4n) is 2.37. The maximum Gasteiger partial charge on any atom is 0.167 e. The number of rotatable bonds is 4. The molecule has 0 spiro atoms. The number of nitrogens with zero attached hydrogens (tertiary/aromatic N) is 2. The van der Waals surface area contributed by atoms with Crippen LogP contribution in [-0.2, 0) is 13.6 Å². The lowest BCUT2D eigenvalue weighted by atomic mass is 10.1. The summed E-state index contributed by atoms with van der Waals surface area (Å²) in [5.74, 6) is -1.12. The third kappa shape index (κ3) is 2.67. The summed E-state index contributed by atoms with van der Waals surface area (Å²) in [6.45, 7) is 2.36. The highest BCUT2D eigenvalue weighted by molar-refractivity contribution is 5.25. The van der Waals surface area contributed by atoms with Gasteiger partial charge < -0.3 is 9.30 Å². The number of aryl methyl sites for hydroxylation is 1. The van der Waals surface area contributed by atoms with E-state index in [-0.39, 0.29) is 11.9 Å². The lowest BCUT2D eigenvalue weighted by molar-refractivity contribution is 0.0110. The Morgan fingerprint density at radius 3 is 2.70 bits per heavy atom. The van der Waals surface area contributed by atoms with Crippen LogP contribution in [-0.4, -0.2) is 28.7 Å². The summed E-state index contributed by atoms with van der Waals surface area (Å²) >= 11 is 0. The van der Waals surface area contributed by atoms with Crippen molar-refractivity contribution in [1.29, 1.82) is 0 Å². The number of aromatic nitrogens is 1. The van der Waals surface area contributed by atoms with Gasteiger partial charge >= 0.3 is 0 Å². The van der Waals surface area contributed by atoms with Crippen LogP contribution in [0.4, 0.5) is 8.78 Å². The fourth-order valence-corrected chi connectivity index (χ4v) is 2.37. The first kappa shape index (κ1) is 13.1. The molecule has 1 fully saturated rings. The first-order chi connectivity index (χ1) is 9.61. The van der Waals surface area contributed by atoms with Gasteiger partial charge in [0.15, 0.2) is 11.6 Å². The van der Waals surface area contributed by atoms with E-state index in [9.17, 15) is 8.78 Å². The number of halogens is 2. The van der Waals surface area contributed by atoms with Crippen molar-refractivity contribution in [2.24, 2.45) is 7.05 Å². The lowest BCUT2D eigenvalue weighted by Crippen LogP contribution is -2.53. The third-order valence-electron chi connectivity index (χ3n) is 3.55. The molecule has 3 nitrogen and oxygen atoms in total. The highest BCUT2D eigenvalue weighted by Gasteiger charge is 2.29. The van der Waals surface area contributed by atoms with Crippen molar-refractivity contribution in [3.8, 4) is 5.75 Å². The number of hydrogen-bond donors (Lipinski definition) is 0.